The van der Waals surface area contributed by atoms with E-state index in [1.165, 1.54) is 11.9 Å². The minimum absolute atomic E-state index is 0.0873. The molecule has 2 rings (SSSR count). The molecular formula is C18H24F4N2O. The van der Waals surface area contributed by atoms with Gasteiger partial charge < -0.3 is 9.80 Å². The van der Waals surface area contributed by atoms with Gasteiger partial charge in [-0.05, 0) is 50.0 Å². The number of likely N-dealkylation sites (N-methyl/N-ethyl adjacent to an activating group) is 1. The molecule has 7 heteroatoms. The number of hydrogen-bond acceptors (Lipinski definition) is 2. The lowest BCUT2D eigenvalue weighted by Gasteiger charge is -2.35. The number of likely N-dealkylation sites (tertiary alicyclic amines) is 1. The molecule has 0 radical (unpaired) electrons. The average molecular weight is 360 g/mol. The molecule has 25 heavy (non-hydrogen) atoms. The number of benzene rings is 1. The van der Waals surface area contributed by atoms with Gasteiger partial charge in [0.25, 0.3) is 5.91 Å². The number of carbonyl (C=O) groups excluding carboxylic acids is 1. The third-order valence-electron chi connectivity index (χ3n) is 4.75. The summed E-state index contributed by atoms with van der Waals surface area (Å²) < 4.78 is 52.8. The molecule has 1 aliphatic heterocycles. The Bertz CT molecular complexity index is 610. The standard InChI is InChI=1S/C18H24F4N2O/c1-12(2)16(11-24-8-4-5-9-24)23(3)17(25)14-7-6-13(19)10-15(14)18(20,21)22/h6-7,10,12,16H,4-5,8-9,11H2,1-3H3/t16-/m1/s1. The van der Waals surface area contributed by atoms with Crippen LogP contribution in [0, 0.1) is 11.7 Å². The highest BCUT2D eigenvalue weighted by atomic mass is 19.4. The fraction of sp³-hybridized carbons (Fsp3) is 0.611. The van der Waals surface area contributed by atoms with Crippen LogP contribution in [-0.4, -0.2) is 48.4 Å². The highest BCUT2D eigenvalue weighted by Crippen LogP contribution is 2.33. The van der Waals surface area contributed by atoms with Crippen LogP contribution in [0.5, 0.6) is 0 Å². The Morgan fingerprint density at radius 1 is 1.24 bits per heavy atom. The summed E-state index contributed by atoms with van der Waals surface area (Å²) in [5.41, 5.74) is -1.74. The Morgan fingerprint density at radius 3 is 2.36 bits per heavy atom. The average Bonchev–Trinajstić information content (AvgIpc) is 3.03. The van der Waals surface area contributed by atoms with Gasteiger partial charge in [0, 0.05) is 19.6 Å². The maximum atomic E-state index is 13.3. The summed E-state index contributed by atoms with van der Waals surface area (Å²) in [6.07, 6.45) is -2.59. The van der Waals surface area contributed by atoms with Crippen LogP contribution in [0.2, 0.25) is 0 Å². The van der Waals surface area contributed by atoms with Crippen LogP contribution in [0.4, 0.5) is 17.6 Å². The molecule has 1 saturated heterocycles. The van der Waals surface area contributed by atoms with Crippen molar-refractivity contribution in [2.45, 2.75) is 38.9 Å². The quantitative estimate of drug-likeness (QED) is 0.740. The molecule has 0 aliphatic carbocycles. The highest BCUT2D eigenvalue weighted by molar-refractivity contribution is 5.96. The van der Waals surface area contributed by atoms with E-state index in [2.05, 4.69) is 4.90 Å². The van der Waals surface area contributed by atoms with Gasteiger partial charge in [0.1, 0.15) is 5.82 Å². The second kappa shape index (κ2) is 7.72. The Balaban J connectivity index is 2.28. The molecule has 0 bridgehead atoms. The van der Waals surface area contributed by atoms with Crippen molar-refractivity contribution >= 4 is 5.91 Å². The van der Waals surface area contributed by atoms with Crippen LogP contribution < -0.4 is 0 Å². The topological polar surface area (TPSA) is 23.6 Å². The van der Waals surface area contributed by atoms with E-state index in [0.717, 1.165) is 38.1 Å². The summed E-state index contributed by atoms with van der Waals surface area (Å²) in [5, 5.41) is 0. The van der Waals surface area contributed by atoms with E-state index in [4.69, 9.17) is 0 Å². The predicted molar refractivity (Wildman–Crippen MR) is 87.8 cm³/mol. The van der Waals surface area contributed by atoms with Gasteiger partial charge in [-0.15, -0.1) is 0 Å². The first-order valence-corrected chi connectivity index (χ1v) is 8.47. The Kier molecular flexibility index (Phi) is 6.08. The molecular weight excluding hydrogens is 336 g/mol. The van der Waals surface area contributed by atoms with Crippen LogP contribution in [0.3, 0.4) is 0 Å². The van der Waals surface area contributed by atoms with Crippen molar-refractivity contribution in [1.82, 2.24) is 9.80 Å². The fourth-order valence-electron chi connectivity index (χ4n) is 3.29. The van der Waals surface area contributed by atoms with Crippen molar-refractivity contribution in [1.29, 1.82) is 0 Å². The molecule has 1 fully saturated rings. The number of carbonyl (C=O) groups is 1. The van der Waals surface area contributed by atoms with Gasteiger partial charge >= 0.3 is 6.18 Å². The zero-order valence-corrected chi connectivity index (χ0v) is 14.7. The third kappa shape index (κ3) is 4.71. The number of amides is 1. The molecule has 0 aromatic heterocycles. The van der Waals surface area contributed by atoms with Crippen LogP contribution in [0.15, 0.2) is 18.2 Å². The van der Waals surface area contributed by atoms with Crippen molar-refractivity contribution in [3.8, 4) is 0 Å². The summed E-state index contributed by atoms with van der Waals surface area (Å²) in [5.74, 6) is -1.65. The lowest BCUT2D eigenvalue weighted by atomic mass is 9.99. The molecule has 3 nitrogen and oxygen atoms in total. The number of hydrogen-bond donors (Lipinski definition) is 0. The largest absolute Gasteiger partial charge is 0.417 e. The van der Waals surface area contributed by atoms with E-state index in [1.807, 2.05) is 13.8 Å². The van der Waals surface area contributed by atoms with Crippen LogP contribution in [0.1, 0.15) is 42.6 Å². The lowest BCUT2D eigenvalue weighted by Crippen LogP contribution is -2.47. The van der Waals surface area contributed by atoms with E-state index in [9.17, 15) is 22.4 Å². The summed E-state index contributed by atoms with van der Waals surface area (Å²) in [7, 11) is 1.52. The van der Waals surface area contributed by atoms with Crippen LogP contribution in [-0.2, 0) is 6.18 Å². The Labute approximate surface area is 145 Å². The van der Waals surface area contributed by atoms with Gasteiger partial charge in [-0.25, -0.2) is 4.39 Å². The number of rotatable bonds is 5. The molecule has 1 aromatic rings. The maximum Gasteiger partial charge on any atom is 0.417 e. The van der Waals surface area contributed by atoms with Gasteiger partial charge in [0.15, 0.2) is 0 Å². The van der Waals surface area contributed by atoms with Crippen molar-refractivity contribution in [2.75, 3.05) is 26.7 Å². The van der Waals surface area contributed by atoms with Crippen molar-refractivity contribution in [3.63, 3.8) is 0 Å². The molecule has 1 aliphatic rings. The first-order valence-electron chi connectivity index (χ1n) is 8.47. The molecule has 1 atom stereocenters. The maximum absolute atomic E-state index is 13.3. The van der Waals surface area contributed by atoms with E-state index >= 15 is 0 Å². The first kappa shape index (κ1) is 19.7. The zero-order chi connectivity index (χ0) is 18.8. The van der Waals surface area contributed by atoms with Crippen molar-refractivity contribution < 1.29 is 22.4 Å². The summed E-state index contributed by atoms with van der Waals surface area (Å²) in [4.78, 5) is 16.3. The van der Waals surface area contributed by atoms with Gasteiger partial charge in [0.05, 0.1) is 11.1 Å². The number of halogens is 4. The Morgan fingerprint density at radius 2 is 1.84 bits per heavy atom. The van der Waals surface area contributed by atoms with Crippen LogP contribution >= 0.6 is 0 Å². The molecule has 1 heterocycles. The smallest absolute Gasteiger partial charge is 0.337 e. The van der Waals surface area contributed by atoms with Gasteiger partial charge in [0.2, 0.25) is 0 Å². The molecule has 0 unspecified atom stereocenters. The lowest BCUT2D eigenvalue weighted by molar-refractivity contribution is -0.138. The van der Waals surface area contributed by atoms with E-state index in [0.29, 0.717) is 12.6 Å². The third-order valence-corrected chi connectivity index (χ3v) is 4.75. The second-order valence-corrected chi connectivity index (χ2v) is 6.92. The summed E-state index contributed by atoms with van der Waals surface area (Å²) >= 11 is 0. The van der Waals surface area contributed by atoms with E-state index in [-0.39, 0.29) is 12.0 Å². The molecule has 0 N–H and O–H groups in total. The van der Waals surface area contributed by atoms with E-state index < -0.39 is 29.0 Å². The molecule has 1 aromatic carbocycles. The fourth-order valence-corrected chi connectivity index (χ4v) is 3.29. The van der Waals surface area contributed by atoms with Gasteiger partial charge in [-0.2, -0.15) is 13.2 Å². The number of alkyl halides is 3. The van der Waals surface area contributed by atoms with Crippen molar-refractivity contribution in [2.24, 2.45) is 5.92 Å². The normalized spacial score (nSPS) is 17.1. The summed E-state index contributed by atoms with van der Waals surface area (Å²) in [6.45, 7) is 6.40. The van der Waals surface area contributed by atoms with E-state index in [1.54, 1.807) is 0 Å². The Hall–Kier alpha value is -1.63. The first-order chi connectivity index (χ1) is 11.6. The highest BCUT2D eigenvalue weighted by Gasteiger charge is 2.37. The molecule has 0 saturated carbocycles. The zero-order valence-electron chi connectivity index (χ0n) is 14.7. The molecule has 1 amide bonds. The summed E-state index contributed by atoms with van der Waals surface area (Å²) in [6, 6.07) is 1.98. The second-order valence-electron chi connectivity index (χ2n) is 6.92. The molecule has 140 valence electrons. The predicted octanol–water partition coefficient (Wildman–Crippen LogP) is 4.04. The van der Waals surface area contributed by atoms with Crippen molar-refractivity contribution in [3.05, 3.63) is 35.1 Å². The minimum atomic E-state index is -4.78. The van der Waals surface area contributed by atoms with Gasteiger partial charge in [-0.3, -0.25) is 4.79 Å². The van der Waals surface area contributed by atoms with Gasteiger partial charge in [-0.1, -0.05) is 13.8 Å². The minimum Gasteiger partial charge on any atom is -0.337 e. The number of nitrogens with zero attached hydrogens (tertiary/aromatic N) is 2. The molecule has 0 spiro atoms. The van der Waals surface area contributed by atoms with Crippen LogP contribution in [0.25, 0.3) is 0 Å². The SMILES string of the molecule is CC(C)[C@@H](CN1CCCC1)N(C)C(=O)c1ccc(F)cc1C(F)(F)F. The monoisotopic (exact) mass is 360 g/mol.